The molecule has 70 valence electrons. The smallest absolute Gasteiger partial charge is 0.0669 e. The largest absolute Gasteiger partial charge is 0.300 e. The molecule has 1 saturated heterocycles. The topological polar surface area (TPSA) is 27.0 Å². The van der Waals surface area contributed by atoms with Gasteiger partial charge in [0.2, 0.25) is 0 Å². The van der Waals surface area contributed by atoms with Gasteiger partial charge < -0.3 is 0 Å². The van der Waals surface area contributed by atoms with Gasteiger partial charge in [-0.3, -0.25) is 4.90 Å². The summed E-state index contributed by atoms with van der Waals surface area (Å²) in [5, 5.41) is 8.59. The third-order valence-corrected chi connectivity index (χ3v) is 2.13. The number of nitriles is 1. The molecule has 0 aromatic carbocycles. The average Bonchev–Trinajstić information content (AvgIpc) is 2.55. The lowest BCUT2D eigenvalue weighted by molar-refractivity contribution is 0.271. The van der Waals surface area contributed by atoms with E-state index in [1.54, 1.807) is 0 Å². The van der Waals surface area contributed by atoms with E-state index in [1.165, 1.54) is 0 Å². The van der Waals surface area contributed by atoms with Gasteiger partial charge in [0.1, 0.15) is 0 Å². The van der Waals surface area contributed by atoms with Crippen LogP contribution in [0.25, 0.3) is 0 Å². The third-order valence-electron chi connectivity index (χ3n) is 2.13. The average molecular weight is 168 g/mol. The Balaban J connectivity index is 0.000000561. The maximum absolute atomic E-state index is 8.59. The molecule has 1 unspecified atom stereocenters. The van der Waals surface area contributed by atoms with Crippen LogP contribution < -0.4 is 0 Å². The molecule has 0 bridgehead atoms. The molecule has 1 fully saturated rings. The Bertz CT molecular complexity index is 146. The Labute approximate surface area is 76.2 Å². The van der Waals surface area contributed by atoms with Gasteiger partial charge in [0.15, 0.2) is 0 Å². The van der Waals surface area contributed by atoms with Crippen molar-refractivity contribution in [3.63, 3.8) is 0 Å². The van der Waals surface area contributed by atoms with Crippen molar-refractivity contribution in [1.82, 2.24) is 4.90 Å². The Morgan fingerprint density at radius 1 is 1.42 bits per heavy atom. The second-order valence-corrected chi connectivity index (χ2v) is 3.20. The maximum atomic E-state index is 8.59. The summed E-state index contributed by atoms with van der Waals surface area (Å²) >= 11 is 0. The summed E-state index contributed by atoms with van der Waals surface area (Å²) in [6.45, 7) is 10.4. The minimum atomic E-state index is 0.294. The molecule has 12 heavy (non-hydrogen) atoms. The van der Waals surface area contributed by atoms with Crippen molar-refractivity contribution in [1.29, 1.82) is 5.26 Å². The predicted octanol–water partition coefficient (Wildman–Crippen LogP) is 2.27. The lowest BCUT2D eigenvalue weighted by Crippen LogP contribution is -2.27. The minimum Gasteiger partial charge on any atom is -0.300 e. The summed E-state index contributed by atoms with van der Waals surface area (Å²) < 4.78 is 0. The van der Waals surface area contributed by atoms with Gasteiger partial charge in [-0.15, -0.1) is 0 Å². The zero-order valence-corrected chi connectivity index (χ0v) is 8.67. The summed E-state index contributed by atoms with van der Waals surface area (Å²) in [5.74, 6) is 0.294. The summed E-state index contributed by atoms with van der Waals surface area (Å²) in [6.07, 6.45) is 1.06. The van der Waals surface area contributed by atoms with E-state index in [1.807, 2.05) is 13.8 Å². The molecule has 0 saturated carbocycles. The Kier molecular flexibility index (Phi) is 5.74. The fraction of sp³-hybridized carbons (Fsp3) is 0.900. The van der Waals surface area contributed by atoms with Crippen LogP contribution in [0.1, 0.15) is 34.1 Å². The number of rotatable bonds is 1. The zero-order chi connectivity index (χ0) is 9.56. The van der Waals surface area contributed by atoms with E-state index < -0.39 is 0 Å². The SMILES string of the molecule is CC.CC(C)N1CCC(C#N)C1. The molecule has 1 aliphatic heterocycles. The Morgan fingerprint density at radius 2 is 2.00 bits per heavy atom. The van der Waals surface area contributed by atoms with Crippen LogP contribution in [-0.2, 0) is 0 Å². The van der Waals surface area contributed by atoms with Gasteiger partial charge in [-0.2, -0.15) is 5.26 Å². The molecule has 0 amide bonds. The molecular formula is C10H20N2. The van der Waals surface area contributed by atoms with Crippen LogP contribution in [0.5, 0.6) is 0 Å². The summed E-state index contributed by atoms with van der Waals surface area (Å²) in [5.41, 5.74) is 0. The highest BCUT2D eigenvalue weighted by Crippen LogP contribution is 2.16. The first-order chi connectivity index (χ1) is 5.74. The molecule has 0 aromatic rings. The van der Waals surface area contributed by atoms with E-state index in [-0.39, 0.29) is 0 Å². The molecule has 1 atom stereocenters. The van der Waals surface area contributed by atoms with E-state index in [2.05, 4.69) is 24.8 Å². The first kappa shape index (κ1) is 11.4. The number of hydrogen-bond donors (Lipinski definition) is 0. The minimum absolute atomic E-state index is 0.294. The highest BCUT2D eigenvalue weighted by Gasteiger charge is 2.23. The highest BCUT2D eigenvalue weighted by molar-refractivity contribution is 4.91. The predicted molar refractivity (Wildman–Crippen MR) is 51.8 cm³/mol. The Hall–Kier alpha value is -0.550. The van der Waals surface area contributed by atoms with Crippen LogP contribution in [0.15, 0.2) is 0 Å². The van der Waals surface area contributed by atoms with E-state index in [9.17, 15) is 0 Å². The monoisotopic (exact) mass is 168 g/mol. The van der Waals surface area contributed by atoms with Crippen molar-refractivity contribution in [2.75, 3.05) is 13.1 Å². The lowest BCUT2D eigenvalue weighted by atomic mass is 10.1. The maximum Gasteiger partial charge on any atom is 0.0669 e. The van der Waals surface area contributed by atoms with Crippen molar-refractivity contribution in [3.8, 4) is 6.07 Å². The molecule has 1 rings (SSSR count). The second kappa shape index (κ2) is 6.02. The van der Waals surface area contributed by atoms with Crippen molar-refractivity contribution < 1.29 is 0 Å². The summed E-state index contributed by atoms with van der Waals surface area (Å²) in [7, 11) is 0. The summed E-state index contributed by atoms with van der Waals surface area (Å²) in [4.78, 5) is 2.36. The molecule has 0 aromatic heterocycles. The summed E-state index contributed by atoms with van der Waals surface area (Å²) in [6, 6.07) is 2.92. The van der Waals surface area contributed by atoms with E-state index in [0.717, 1.165) is 19.5 Å². The first-order valence-electron chi connectivity index (χ1n) is 4.87. The quantitative estimate of drug-likeness (QED) is 0.600. The number of likely N-dealkylation sites (tertiary alicyclic amines) is 1. The third kappa shape index (κ3) is 3.23. The number of nitrogens with zero attached hydrogens (tertiary/aromatic N) is 2. The van der Waals surface area contributed by atoms with Crippen LogP contribution >= 0.6 is 0 Å². The molecule has 0 spiro atoms. The van der Waals surface area contributed by atoms with Gasteiger partial charge >= 0.3 is 0 Å². The van der Waals surface area contributed by atoms with Crippen molar-refractivity contribution in [2.45, 2.75) is 40.2 Å². The van der Waals surface area contributed by atoms with Crippen LogP contribution in [0.3, 0.4) is 0 Å². The van der Waals surface area contributed by atoms with E-state index >= 15 is 0 Å². The van der Waals surface area contributed by atoms with Crippen molar-refractivity contribution in [2.24, 2.45) is 5.92 Å². The van der Waals surface area contributed by atoms with Crippen LogP contribution in [0.4, 0.5) is 0 Å². The second-order valence-electron chi connectivity index (χ2n) is 3.20. The Morgan fingerprint density at radius 3 is 2.25 bits per heavy atom. The van der Waals surface area contributed by atoms with Crippen LogP contribution in [-0.4, -0.2) is 24.0 Å². The first-order valence-corrected chi connectivity index (χ1v) is 4.87. The normalized spacial score (nSPS) is 23.2. The van der Waals surface area contributed by atoms with E-state index in [4.69, 9.17) is 5.26 Å². The molecule has 2 nitrogen and oxygen atoms in total. The molecule has 2 heteroatoms. The van der Waals surface area contributed by atoms with Gasteiger partial charge in [-0.25, -0.2) is 0 Å². The molecule has 0 radical (unpaired) electrons. The standard InChI is InChI=1S/C8H14N2.C2H6/c1-7(2)10-4-3-8(5-9)6-10;1-2/h7-8H,3-4,6H2,1-2H3;1-2H3. The number of hydrogen-bond acceptors (Lipinski definition) is 2. The fourth-order valence-corrected chi connectivity index (χ4v) is 1.36. The highest BCUT2D eigenvalue weighted by atomic mass is 15.2. The molecule has 1 heterocycles. The van der Waals surface area contributed by atoms with Crippen LogP contribution in [0.2, 0.25) is 0 Å². The van der Waals surface area contributed by atoms with Gasteiger partial charge in [-0.1, -0.05) is 13.8 Å². The fourth-order valence-electron chi connectivity index (χ4n) is 1.36. The lowest BCUT2D eigenvalue weighted by Gasteiger charge is -2.18. The van der Waals surface area contributed by atoms with Crippen molar-refractivity contribution in [3.05, 3.63) is 0 Å². The van der Waals surface area contributed by atoms with Gasteiger partial charge in [-0.05, 0) is 26.8 Å². The van der Waals surface area contributed by atoms with Crippen LogP contribution in [0, 0.1) is 17.2 Å². The van der Waals surface area contributed by atoms with Gasteiger partial charge in [0.25, 0.3) is 0 Å². The van der Waals surface area contributed by atoms with Crippen molar-refractivity contribution >= 4 is 0 Å². The molecule has 0 N–H and O–H groups in total. The molecular weight excluding hydrogens is 148 g/mol. The van der Waals surface area contributed by atoms with E-state index in [0.29, 0.717) is 12.0 Å². The van der Waals surface area contributed by atoms with Gasteiger partial charge in [0.05, 0.1) is 12.0 Å². The molecule has 0 aliphatic carbocycles. The molecule has 1 aliphatic rings. The van der Waals surface area contributed by atoms with Gasteiger partial charge in [0, 0.05) is 12.6 Å². The zero-order valence-electron chi connectivity index (χ0n) is 8.67.